The predicted octanol–water partition coefficient (Wildman–Crippen LogP) is 6.16. The third-order valence-corrected chi connectivity index (χ3v) is 8.17. The van der Waals surface area contributed by atoms with Crippen molar-refractivity contribution in [2.24, 2.45) is 0 Å². The number of esters is 1. The highest BCUT2D eigenvalue weighted by molar-refractivity contribution is 9.10. The number of hydrogen-bond donors (Lipinski definition) is 2. The molecule has 0 aromatic heterocycles. The quantitative estimate of drug-likeness (QED) is 0.213. The minimum Gasteiger partial charge on any atom is -0.503 e. The predicted molar refractivity (Wildman–Crippen MR) is 161 cm³/mol. The summed E-state index contributed by atoms with van der Waals surface area (Å²) in [6, 6.07) is 20.4. The van der Waals surface area contributed by atoms with Gasteiger partial charge in [0.15, 0.2) is 17.3 Å². The first-order valence-electron chi connectivity index (χ1n) is 13.6. The fourth-order valence-corrected chi connectivity index (χ4v) is 6.02. The fourth-order valence-electron chi connectivity index (χ4n) is 5.56. The number of benzene rings is 3. The molecule has 8 nitrogen and oxygen atoms in total. The molecule has 2 N–H and O–H groups in total. The minimum absolute atomic E-state index is 0.0270. The summed E-state index contributed by atoms with van der Waals surface area (Å²) in [5.41, 5.74) is 3.85. The Morgan fingerprint density at radius 1 is 0.952 bits per heavy atom. The molecule has 2 aliphatic rings. The summed E-state index contributed by atoms with van der Waals surface area (Å²) < 4.78 is 22.4. The average molecular weight is 635 g/mol. The zero-order chi connectivity index (χ0) is 29.8. The molecular weight excluding hydrogens is 602 g/mol. The number of rotatable bonds is 9. The molecule has 0 saturated heterocycles. The molecule has 3 aromatic carbocycles. The van der Waals surface area contributed by atoms with Crippen molar-refractivity contribution in [2.45, 2.75) is 31.6 Å². The van der Waals surface area contributed by atoms with Gasteiger partial charge >= 0.3 is 5.97 Å². The molecule has 2 unspecified atom stereocenters. The van der Waals surface area contributed by atoms with Crippen molar-refractivity contribution >= 4 is 27.7 Å². The van der Waals surface area contributed by atoms with Crippen LogP contribution in [0.1, 0.15) is 42.7 Å². The first-order chi connectivity index (χ1) is 20.3. The number of nitrogens with one attached hydrogen (secondary N) is 1. The molecule has 1 aliphatic carbocycles. The Morgan fingerprint density at radius 3 is 2.38 bits per heavy atom. The number of Topliss-reactive ketones (excluding diaryl/α,β-unsaturated/α-hetero) is 1. The van der Waals surface area contributed by atoms with E-state index in [1.54, 1.807) is 19.2 Å². The van der Waals surface area contributed by atoms with Crippen LogP contribution in [0.15, 0.2) is 93.7 Å². The van der Waals surface area contributed by atoms with Crippen LogP contribution in [-0.4, -0.2) is 44.3 Å². The van der Waals surface area contributed by atoms with Crippen molar-refractivity contribution in [1.29, 1.82) is 0 Å². The summed E-state index contributed by atoms with van der Waals surface area (Å²) in [6.45, 7) is 2.01. The summed E-state index contributed by atoms with van der Waals surface area (Å²) in [4.78, 5) is 27.5. The molecule has 0 amide bonds. The van der Waals surface area contributed by atoms with Gasteiger partial charge in [-0.25, -0.2) is 4.79 Å². The van der Waals surface area contributed by atoms with Crippen LogP contribution >= 0.6 is 15.9 Å². The Labute approximate surface area is 253 Å². The number of ether oxygens (including phenoxy) is 4. The number of methoxy groups -OCH3 is 2. The highest BCUT2D eigenvalue weighted by atomic mass is 79.9. The van der Waals surface area contributed by atoms with Gasteiger partial charge in [-0.15, -0.1) is 0 Å². The van der Waals surface area contributed by atoms with Crippen LogP contribution in [0.25, 0.3) is 0 Å². The molecule has 1 aliphatic heterocycles. The zero-order valence-corrected chi connectivity index (χ0v) is 25.2. The van der Waals surface area contributed by atoms with Crippen LogP contribution in [0.4, 0.5) is 0 Å². The molecule has 0 fully saturated rings. The average Bonchev–Trinajstić information content (AvgIpc) is 3.00. The second-order valence-corrected chi connectivity index (χ2v) is 11.0. The second kappa shape index (κ2) is 12.7. The van der Waals surface area contributed by atoms with Gasteiger partial charge in [-0.3, -0.25) is 4.79 Å². The SMILES string of the molecule is COc1ccc(C2CC(=O)C3=C(C2)NC(C)=C(C(=O)OCCOc2ccccc2)C3c2cc(Br)c(O)c(OC)c2)cc1. The number of allylic oxidation sites excluding steroid dienone is 3. The molecule has 218 valence electrons. The molecule has 0 bridgehead atoms. The van der Waals surface area contributed by atoms with Crippen LogP contribution in [0, 0.1) is 0 Å². The first kappa shape index (κ1) is 29.3. The maximum absolute atomic E-state index is 13.9. The number of phenols is 1. The van der Waals surface area contributed by atoms with Crippen LogP contribution < -0.4 is 19.5 Å². The Morgan fingerprint density at radius 2 is 1.69 bits per heavy atom. The number of carbonyl (C=O) groups excluding carboxylic acids is 2. The summed E-state index contributed by atoms with van der Waals surface area (Å²) in [5, 5.41) is 13.8. The number of hydrogen-bond acceptors (Lipinski definition) is 8. The van der Waals surface area contributed by atoms with Gasteiger partial charge in [0.25, 0.3) is 0 Å². The smallest absolute Gasteiger partial charge is 0.336 e. The maximum Gasteiger partial charge on any atom is 0.336 e. The van der Waals surface area contributed by atoms with Crippen molar-refractivity contribution in [3.05, 3.63) is 105 Å². The topological polar surface area (TPSA) is 103 Å². The van der Waals surface area contributed by atoms with E-state index in [0.29, 0.717) is 39.0 Å². The van der Waals surface area contributed by atoms with Gasteiger partial charge in [0.05, 0.1) is 24.3 Å². The van der Waals surface area contributed by atoms with E-state index in [9.17, 15) is 14.7 Å². The van der Waals surface area contributed by atoms with E-state index in [-0.39, 0.29) is 42.8 Å². The Kier molecular flexibility index (Phi) is 8.87. The molecule has 0 radical (unpaired) electrons. The van der Waals surface area contributed by atoms with E-state index in [1.165, 1.54) is 7.11 Å². The van der Waals surface area contributed by atoms with Crippen LogP contribution in [0.5, 0.6) is 23.0 Å². The van der Waals surface area contributed by atoms with Crippen LogP contribution in [-0.2, 0) is 14.3 Å². The Balaban J connectivity index is 1.47. The molecule has 3 aromatic rings. The molecule has 0 spiro atoms. The highest BCUT2D eigenvalue weighted by Gasteiger charge is 2.42. The van der Waals surface area contributed by atoms with Crippen molar-refractivity contribution in [1.82, 2.24) is 5.32 Å². The van der Waals surface area contributed by atoms with E-state index >= 15 is 0 Å². The molecule has 1 heterocycles. The van der Waals surface area contributed by atoms with Crippen molar-refractivity contribution in [3.8, 4) is 23.0 Å². The Bertz CT molecular complexity index is 1550. The molecule has 5 rings (SSSR count). The van der Waals surface area contributed by atoms with Gasteiger partial charge in [0, 0.05) is 29.3 Å². The normalized spacial score (nSPS) is 18.2. The summed E-state index contributed by atoms with van der Waals surface area (Å²) in [7, 11) is 3.07. The van der Waals surface area contributed by atoms with Crippen molar-refractivity contribution < 1.29 is 33.6 Å². The van der Waals surface area contributed by atoms with Crippen LogP contribution in [0.2, 0.25) is 0 Å². The maximum atomic E-state index is 13.9. The van der Waals surface area contributed by atoms with Crippen LogP contribution in [0.3, 0.4) is 0 Å². The molecule has 42 heavy (non-hydrogen) atoms. The number of aromatic hydroxyl groups is 1. The minimum atomic E-state index is -0.723. The van der Waals surface area contributed by atoms with Crippen molar-refractivity contribution in [2.75, 3.05) is 27.4 Å². The van der Waals surface area contributed by atoms with Gasteiger partial charge in [-0.05, 0) is 82.7 Å². The molecule has 0 saturated carbocycles. The lowest BCUT2D eigenvalue weighted by Gasteiger charge is -2.37. The second-order valence-electron chi connectivity index (χ2n) is 10.1. The lowest BCUT2D eigenvalue weighted by Crippen LogP contribution is -2.36. The third-order valence-electron chi connectivity index (χ3n) is 7.57. The van der Waals surface area contributed by atoms with Gasteiger partial charge < -0.3 is 29.4 Å². The first-order valence-corrected chi connectivity index (χ1v) is 14.4. The number of halogens is 1. The summed E-state index contributed by atoms with van der Waals surface area (Å²) in [5.74, 6) is 0.204. The van der Waals surface area contributed by atoms with E-state index < -0.39 is 11.9 Å². The largest absolute Gasteiger partial charge is 0.503 e. The number of para-hydroxylation sites is 1. The van der Waals surface area contributed by atoms with E-state index in [4.69, 9.17) is 18.9 Å². The fraction of sp³-hybridized carbons (Fsp3) is 0.273. The number of phenolic OH excluding ortho intramolecular Hbond substituents is 1. The van der Waals surface area contributed by atoms with E-state index in [0.717, 1.165) is 17.0 Å². The number of dihydropyridines is 1. The van der Waals surface area contributed by atoms with E-state index in [2.05, 4.69) is 21.2 Å². The zero-order valence-electron chi connectivity index (χ0n) is 23.6. The summed E-state index contributed by atoms with van der Waals surface area (Å²) in [6.07, 6.45) is 0.872. The standard InChI is InChI=1S/C33H32BrNO7/c1-19-29(33(38)42-14-13-41-24-7-5-4-6-8-24)30(22-15-25(34)32(37)28(18-22)40-3)31-26(35-19)16-21(17-27(31)36)20-9-11-23(39-2)12-10-20/h4-12,15,18,21,30,35,37H,13-14,16-17H2,1-3H3. The lowest BCUT2D eigenvalue weighted by atomic mass is 9.71. The lowest BCUT2D eigenvalue weighted by molar-refractivity contribution is -0.140. The summed E-state index contributed by atoms with van der Waals surface area (Å²) >= 11 is 3.40. The van der Waals surface area contributed by atoms with E-state index in [1.807, 2.05) is 61.5 Å². The van der Waals surface area contributed by atoms with Gasteiger partial charge in [0.1, 0.15) is 24.7 Å². The van der Waals surface area contributed by atoms with Gasteiger partial charge in [-0.2, -0.15) is 0 Å². The number of ketones is 1. The van der Waals surface area contributed by atoms with Crippen molar-refractivity contribution in [3.63, 3.8) is 0 Å². The van der Waals surface area contributed by atoms with Gasteiger partial charge in [-0.1, -0.05) is 30.3 Å². The third kappa shape index (κ3) is 6.01. The number of carbonyl (C=O) groups is 2. The Hall–Kier alpha value is -4.24. The monoisotopic (exact) mass is 633 g/mol. The highest BCUT2D eigenvalue weighted by Crippen LogP contribution is 2.48. The molecular formula is C33H32BrNO7. The molecule has 9 heteroatoms. The molecule has 2 atom stereocenters. The van der Waals surface area contributed by atoms with Gasteiger partial charge in [0.2, 0.25) is 0 Å².